The van der Waals surface area contributed by atoms with E-state index in [-0.39, 0.29) is 12.0 Å². The van der Waals surface area contributed by atoms with Crippen LogP contribution in [0.25, 0.3) is 0 Å². The first-order valence-corrected chi connectivity index (χ1v) is 5.54. The zero-order valence-corrected chi connectivity index (χ0v) is 8.70. The second-order valence-corrected chi connectivity index (χ2v) is 4.74. The molecule has 2 aliphatic carbocycles. The van der Waals surface area contributed by atoms with Gasteiger partial charge in [0.1, 0.15) is 5.41 Å². The Hall–Kier alpha value is -1.08. The van der Waals surface area contributed by atoms with Crippen molar-refractivity contribution < 1.29 is 9.90 Å². The van der Waals surface area contributed by atoms with Gasteiger partial charge in [0.15, 0.2) is 0 Å². The number of amides is 1. The first kappa shape index (κ1) is 10.4. The van der Waals surface area contributed by atoms with Crippen LogP contribution < -0.4 is 5.32 Å². The number of hydrogen-bond donors (Lipinski definition) is 2. The van der Waals surface area contributed by atoms with Crippen molar-refractivity contribution in [3.05, 3.63) is 0 Å². The maximum atomic E-state index is 11.6. The molecule has 0 aromatic heterocycles. The Morgan fingerprint density at radius 1 is 1.53 bits per heavy atom. The quantitative estimate of drug-likeness (QED) is 0.712. The third-order valence-corrected chi connectivity index (χ3v) is 3.46. The molecule has 82 valence electrons. The largest absolute Gasteiger partial charge is 0.393 e. The Morgan fingerprint density at radius 2 is 2.27 bits per heavy atom. The zero-order chi connectivity index (χ0) is 10.9. The van der Waals surface area contributed by atoms with E-state index in [1.807, 2.05) is 0 Å². The molecule has 15 heavy (non-hydrogen) atoms. The van der Waals surface area contributed by atoms with Gasteiger partial charge >= 0.3 is 0 Å². The minimum atomic E-state index is -0.711. The summed E-state index contributed by atoms with van der Waals surface area (Å²) in [4.78, 5) is 11.6. The monoisotopic (exact) mass is 208 g/mol. The predicted octanol–water partition coefficient (Wildman–Crippen LogP) is 0.567. The van der Waals surface area contributed by atoms with Gasteiger partial charge in [0.05, 0.1) is 12.2 Å². The number of hydrogen-bond acceptors (Lipinski definition) is 3. The maximum absolute atomic E-state index is 11.6. The number of carbonyl (C=O) groups is 1. The molecule has 0 saturated heterocycles. The lowest BCUT2D eigenvalue weighted by molar-refractivity contribution is -0.124. The number of nitriles is 1. The van der Waals surface area contributed by atoms with Crippen LogP contribution in [0.5, 0.6) is 0 Å². The normalized spacial score (nSPS) is 32.0. The predicted molar refractivity (Wildman–Crippen MR) is 53.6 cm³/mol. The summed E-state index contributed by atoms with van der Waals surface area (Å²) in [5.41, 5.74) is -0.711. The van der Waals surface area contributed by atoms with Crippen LogP contribution in [0.15, 0.2) is 0 Å². The van der Waals surface area contributed by atoms with E-state index in [9.17, 15) is 9.90 Å². The molecule has 4 nitrogen and oxygen atoms in total. The van der Waals surface area contributed by atoms with Crippen LogP contribution in [0.1, 0.15) is 32.1 Å². The van der Waals surface area contributed by atoms with E-state index in [2.05, 4.69) is 11.4 Å². The molecule has 0 aliphatic heterocycles. The van der Waals surface area contributed by atoms with Crippen LogP contribution in [0.4, 0.5) is 0 Å². The van der Waals surface area contributed by atoms with Crippen molar-refractivity contribution in [2.45, 2.75) is 38.2 Å². The van der Waals surface area contributed by atoms with Gasteiger partial charge in [0, 0.05) is 6.54 Å². The average Bonchev–Trinajstić information content (AvgIpc) is 2.93. The van der Waals surface area contributed by atoms with Crippen LogP contribution in [0, 0.1) is 22.7 Å². The molecule has 1 amide bonds. The fourth-order valence-electron chi connectivity index (χ4n) is 2.15. The highest BCUT2D eigenvalue weighted by Gasteiger charge is 2.50. The first-order valence-electron chi connectivity index (χ1n) is 5.54. The van der Waals surface area contributed by atoms with Crippen molar-refractivity contribution in [3.8, 4) is 6.07 Å². The minimum absolute atomic E-state index is 0.119. The Morgan fingerprint density at radius 3 is 2.73 bits per heavy atom. The molecule has 2 N–H and O–H groups in total. The SMILES string of the molecule is N#CC1(C(=O)NCC2CCC(O)C2)CC1. The summed E-state index contributed by atoms with van der Waals surface area (Å²) in [6, 6.07) is 2.07. The number of nitrogens with zero attached hydrogens (tertiary/aromatic N) is 1. The molecule has 0 aromatic carbocycles. The van der Waals surface area contributed by atoms with Crippen LogP contribution in [-0.2, 0) is 4.79 Å². The molecule has 2 aliphatic rings. The summed E-state index contributed by atoms with van der Waals surface area (Å²) < 4.78 is 0. The van der Waals surface area contributed by atoms with E-state index in [0.29, 0.717) is 25.3 Å². The fraction of sp³-hybridized carbons (Fsp3) is 0.818. The van der Waals surface area contributed by atoms with E-state index in [1.54, 1.807) is 0 Å². The number of aliphatic hydroxyl groups excluding tert-OH is 1. The van der Waals surface area contributed by atoms with Crippen LogP contribution in [-0.4, -0.2) is 23.7 Å². The molecule has 2 unspecified atom stereocenters. The Balaban J connectivity index is 1.75. The molecule has 4 heteroatoms. The van der Waals surface area contributed by atoms with Crippen molar-refractivity contribution in [1.29, 1.82) is 5.26 Å². The van der Waals surface area contributed by atoms with E-state index in [1.165, 1.54) is 0 Å². The summed E-state index contributed by atoms with van der Waals surface area (Å²) in [6.45, 7) is 0.610. The molecular formula is C11H16N2O2. The second kappa shape index (κ2) is 3.82. The highest BCUT2D eigenvalue weighted by atomic mass is 16.3. The first-order chi connectivity index (χ1) is 7.16. The number of aliphatic hydroxyl groups is 1. The third kappa shape index (κ3) is 2.13. The highest BCUT2D eigenvalue weighted by molar-refractivity contribution is 5.88. The van der Waals surface area contributed by atoms with Gasteiger partial charge in [-0.05, 0) is 38.0 Å². The van der Waals surface area contributed by atoms with Crippen molar-refractivity contribution in [2.24, 2.45) is 11.3 Å². The van der Waals surface area contributed by atoms with Crippen molar-refractivity contribution in [3.63, 3.8) is 0 Å². The Kier molecular flexibility index (Phi) is 2.66. The standard InChI is InChI=1S/C11H16N2O2/c12-7-11(3-4-11)10(15)13-6-8-1-2-9(14)5-8/h8-9,14H,1-6H2,(H,13,15). The second-order valence-electron chi connectivity index (χ2n) is 4.74. The smallest absolute Gasteiger partial charge is 0.240 e. The van der Waals surface area contributed by atoms with E-state index >= 15 is 0 Å². The lowest BCUT2D eigenvalue weighted by Crippen LogP contribution is -2.34. The number of rotatable bonds is 3. The number of carbonyl (C=O) groups excluding carboxylic acids is 1. The maximum Gasteiger partial charge on any atom is 0.240 e. The van der Waals surface area contributed by atoms with Gasteiger partial charge in [-0.3, -0.25) is 4.79 Å². The average molecular weight is 208 g/mol. The van der Waals surface area contributed by atoms with Crippen LogP contribution in [0.3, 0.4) is 0 Å². The summed E-state index contributed by atoms with van der Waals surface area (Å²) in [5.74, 6) is 0.268. The van der Waals surface area contributed by atoms with Crippen molar-refractivity contribution >= 4 is 5.91 Å². The summed E-state index contributed by atoms with van der Waals surface area (Å²) in [5, 5.41) is 21.0. The van der Waals surface area contributed by atoms with Crippen molar-refractivity contribution in [1.82, 2.24) is 5.32 Å². The molecule has 0 aromatic rings. The number of nitrogens with one attached hydrogen (secondary N) is 1. The lowest BCUT2D eigenvalue weighted by atomic mass is 10.1. The zero-order valence-electron chi connectivity index (χ0n) is 8.70. The summed E-state index contributed by atoms with van der Waals surface area (Å²) >= 11 is 0. The molecule has 2 rings (SSSR count). The lowest BCUT2D eigenvalue weighted by Gasteiger charge is -2.12. The summed E-state index contributed by atoms with van der Waals surface area (Å²) in [7, 11) is 0. The van der Waals surface area contributed by atoms with Crippen molar-refractivity contribution in [2.75, 3.05) is 6.54 Å². The molecular weight excluding hydrogens is 192 g/mol. The summed E-state index contributed by atoms with van der Waals surface area (Å²) in [6.07, 6.45) is 3.79. The van der Waals surface area contributed by atoms with E-state index < -0.39 is 5.41 Å². The van der Waals surface area contributed by atoms with Gasteiger partial charge in [-0.2, -0.15) is 5.26 Å². The highest BCUT2D eigenvalue weighted by Crippen LogP contribution is 2.45. The van der Waals surface area contributed by atoms with Crippen LogP contribution in [0.2, 0.25) is 0 Å². The van der Waals surface area contributed by atoms with Gasteiger partial charge in [0.2, 0.25) is 5.91 Å². The van der Waals surface area contributed by atoms with Gasteiger partial charge in [-0.15, -0.1) is 0 Å². The molecule has 2 fully saturated rings. The molecule has 0 spiro atoms. The van der Waals surface area contributed by atoms with E-state index in [4.69, 9.17) is 5.26 Å². The minimum Gasteiger partial charge on any atom is -0.393 e. The molecule has 2 saturated carbocycles. The third-order valence-electron chi connectivity index (χ3n) is 3.46. The molecule has 0 bridgehead atoms. The van der Waals surface area contributed by atoms with Gasteiger partial charge in [-0.25, -0.2) is 0 Å². The van der Waals surface area contributed by atoms with Gasteiger partial charge in [0.25, 0.3) is 0 Å². The van der Waals surface area contributed by atoms with Crippen LogP contribution >= 0.6 is 0 Å². The van der Waals surface area contributed by atoms with E-state index in [0.717, 1.165) is 19.3 Å². The Bertz CT molecular complexity index is 304. The molecule has 2 atom stereocenters. The van der Waals surface area contributed by atoms with Gasteiger partial charge in [-0.1, -0.05) is 0 Å². The fourth-order valence-corrected chi connectivity index (χ4v) is 2.15. The Labute approximate surface area is 89.3 Å². The topological polar surface area (TPSA) is 73.1 Å². The molecule has 0 heterocycles. The molecule has 0 radical (unpaired) electrons. The van der Waals surface area contributed by atoms with Gasteiger partial charge < -0.3 is 10.4 Å².